The molecular formula is C16H20F2O2. The van der Waals surface area contributed by atoms with Gasteiger partial charge >= 0.3 is 0 Å². The highest BCUT2D eigenvalue weighted by Crippen LogP contribution is 2.45. The summed E-state index contributed by atoms with van der Waals surface area (Å²) in [6, 6.07) is 3.72. The van der Waals surface area contributed by atoms with Crippen LogP contribution in [0.15, 0.2) is 18.2 Å². The molecule has 1 aliphatic heterocycles. The van der Waals surface area contributed by atoms with E-state index in [1.807, 2.05) is 0 Å². The zero-order chi connectivity index (χ0) is 14.2. The van der Waals surface area contributed by atoms with Crippen LogP contribution in [0.25, 0.3) is 0 Å². The average molecular weight is 282 g/mol. The molecule has 2 nitrogen and oxygen atoms in total. The molecule has 1 aromatic carbocycles. The summed E-state index contributed by atoms with van der Waals surface area (Å²) in [7, 11) is 0. The summed E-state index contributed by atoms with van der Waals surface area (Å²) in [6.45, 7) is 0.567. The van der Waals surface area contributed by atoms with Crippen molar-refractivity contribution in [3.63, 3.8) is 0 Å². The van der Waals surface area contributed by atoms with Gasteiger partial charge in [-0.3, -0.25) is 0 Å². The van der Waals surface area contributed by atoms with Crippen molar-refractivity contribution in [2.45, 2.75) is 50.2 Å². The first-order chi connectivity index (χ1) is 9.61. The van der Waals surface area contributed by atoms with Crippen molar-refractivity contribution >= 4 is 0 Å². The van der Waals surface area contributed by atoms with E-state index in [4.69, 9.17) is 4.74 Å². The molecule has 1 spiro atoms. The third-order valence-electron chi connectivity index (χ3n) is 4.79. The Kier molecular flexibility index (Phi) is 3.78. The van der Waals surface area contributed by atoms with E-state index in [0.29, 0.717) is 19.4 Å². The Labute approximate surface area is 117 Å². The van der Waals surface area contributed by atoms with Gasteiger partial charge in [-0.05, 0) is 43.7 Å². The van der Waals surface area contributed by atoms with Gasteiger partial charge in [-0.25, -0.2) is 8.78 Å². The van der Waals surface area contributed by atoms with E-state index in [1.54, 1.807) is 0 Å². The van der Waals surface area contributed by atoms with Crippen LogP contribution in [-0.4, -0.2) is 17.3 Å². The second-order valence-electron chi connectivity index (χ2n) is 6.07. The van der Waals surface area contributed by atoms with Crippen molar-refractivity contribution in [2.24, 2.45) is 5.92 Å². The summed E-state index contributed by atoms with van der Waals surface area (Å²) in [5.74, 6) is -1.46. The van der Waals surface area contributed by atoms with Crippen LogP contribution in [0.3, 0.4) is 0 Å². The van der Waals surface area contributed by atoms with Crippen molar-refractivity contribution < 1.29 is 18.6 Å². The van der Waals surface area contributed by atoms with Crippen LogP contribution in [0.2, 0.25) is 0 Å². The molecule has 1 aromatic rings. The van der Waals surface area contributed by atoms with Crippen LogP contribution in [0.4, 0.5) is 8.78 Å². The quantitative estimate of drug-likeness (QED) is 0.895. The molecule has 4 heteroatoms. The number of halogens is 2. The number of hydrogen-bond donors (Lipinski definition) is 1. The highest BCUT2D eigenvalue weighted by molar-refractivity contribution is 5.23. The molecule has 110 valence electrons. The maximum absolute atomic E-state index is 13.8. The van der Waals surface area contributed by atoms with E-state index >= 15 is 0 Å². The second-order valence-corrected chi connectivity index (χ2v) is 6.07. The molecule has 1 N–H and O–H groups in total. The fourth-order valence-electron chi connectivity index (χ4n) is 3.73. The molecule has 2 atom stereocenters. The lowest BCUT2D eigenvalue weighted by atomic mass is 9.79. The summed E-state index contributed by atoms with van der Waals surface area (Å²) in [6.07, 6.45) is 4.52. The molecule has 20 heavy (non-hydrogen) atoms. The Morgan fingerprint density at radius 2 is 1.85 bits per heavy atom. The maximum Gasteiger partial charge on any atom is 0.131 e. The molecule has 3 rings (SSSR count). The lowest BCUT2D eigenvalue weighted by Gasteiger charge is -2.40. The minimum atomic E-state index is -1.09. The van der Waals surface area contributed by atoms with Crippen molar-refractivity contribution in [3.05, 3.63) is 35.4 Å². The lowest BCUT2D eigenvalue weighted by Crippen LogP contribution is -2.39. The third-order valence-corrected chi connectivity index (χ3v) is 4.79. The van der Waals surface area contributed by atoms with E-state index in [1.165, 1.54) is 18.2 Å². The predicted molar refractivity (Wildman–Crippen MR) is 71.2 cm³/mol. The van der Waals surface area contributed by atoms with E-state index < -0.39 is 17.7 Å². The minimum absolute atomic E-state index is 0.131. The summed E-state index contributed by atoms with van der Waals surface area (Å²) in [5.41, 5.74) is -0.349. The Morgan fingerprint density at radius 1 is 1.20 bits per heavy atom. The maximum atomic E-state index is 13.8. The Bertz CT molecular complexity index is 463. The first-order valence-corrected chi connectivity index (χ1v) is 7.37. The van der Waals surface area contributed by atoms with Gasteiger partial charge in [-0.1, -0.05) is 18.9 Å². The largest absolute Gasteiger partial charge is 0.388 e. The molecule has 0 radical (unpaired) electrons. The van der Waals surface area contributed by atoms with Crippen LogP contribution >= 0.6 is 0 Å². The number of aliphatic hydroxyl groups is 1. The first kappa shape index (κ1) is 14.0. The van der Waals surface area contributed by atoms with Crippen LogP contribution in [-0.2, 0) is 4.74 Å². The fraction of sp³-hybridized carbons (Fsp3) is 0.625. The van der Waals surface area contributed by atoms with Gasteiger partial charge in [0.25, 0.3) is 0 Å². The van der Waals surface area contributed by atoms with Crippen molar-refractivity contribution in [2.75, 3.05) is 6.61 Å². The monoisotopic (exact) mass is 282 g/mol. The highest BCUT2D eigenvalue weighted by atomic mass is 19.1. The molecular weight excluding hydrogens is 262 g/mol. The topological polar surface area (TPSA) is 29.5 Å². The Morgan fingerprint density at radius 3 is 2.50 bits per heavy atom. The number of hydrogen-bond acceptors (Lipinski definition) is 2. The van der Waals surface area contributed by atoms with Gasteiger partial charge in [-0.2, -0.15) is 0 Å². The fourth-order valence-corrected chi connectivity index (χ4v) is 3.73. The van der Waals surface area contributed by atoms with Crippen LogP contribution < -0.4 is 0 Å². The molecule has 2 fully saturated rings. The third kappa shape index (κ3) is 2.47. The van der Waals surface area contributed by atoms with Gasteiger partial charge in [0.1, 0.15) is 11.6 Å². The van der Waals surface area contributed by atoms with Gasteiger partial charge in [-0.15, -0.1) is 0 Å². The van der Waals surface area contributed by atoms with Crippen molar-refractivity contribution in [3.8, 4) is 0 Å². The van der Waals surface area contributed by atoms with Gasteiger partial charge in [0, 0.05) is 6.61 Å². The number of aliphatic hydroxyl groups excluding tert-OH is 1. The smallest absolute Gasteiger partial charge is 0.131 e. The summed E-state index contributed by atoms with van der Waals surface area (Å²) in [4.78, 5) is 0. The van der Waals surface area contributed by atoms with E-state index in [-0.39, 0.29) is 17.1 Å². The van der Waals surface area contributed by atoms with Crippen molar-refractivity contribution in [1.82, 2.24) is 0 Å². The number of rotatable bonds is 2. The standard InChI is InChI=1S/C16H20F2O2/c17-12-4-3-5-13(18)14(12)15(19)11-6-9-20-16(10-11)7-1-2-8-16/h3-5,11,15,19H,1-2,6-10H2. The molecule has 1 heterocycles. The molecule has 2 aliphatic rings. The molecule has 1 saturated carbocycles. The lowest BCUT2D eigenvalue weighted by molar-refractivity contribution is -0.114. The minimum Gasteiger partial charge on any atom is -0.388 e. The molecule has 0 aromatic heterocycles. The molecule has 2 unspecified atom stereocenters. The molecule has 0 bridgehead atoms. The Hall–Kier alpha value is -1.00. The summed E-state index contributed by atoms with van der Waals surface area (Å²) < 4.78 is 33.5. The zero-order valence-corrected chi connectivity index (χ0v) is 11.4. The van der Waals surface area contributed by atoms with E-state index in [0.717, 1.165) is 25.7 Å². The summed E-state index contributed by atoms with van der Waals surface area (Å²) in [5, 5.41) is 10.4. The number of benzene rings is 1. The average Bonchev–Trinajstić information content (AvgIpc) is 2.86. The summed E-state index contributed by atoms with van der Waals surface area (Å²) >= 11 is 0. The Balaban J connectivity index is 1.81. The van der Waals surface area contributed by atoms with Gasteiger partial charge < -0.3 is 9.84 Å². The molecule has 1 saturated heterocycles. The van der Waals surface area contributed by atoms with Crippen LogP contribution in [0.1, 0.15) is 50.2 Å². The van der Waals surface area contributed by atoms with E-state index in [9.17, 15) is 13.9 Å². The normalized spacial score (nSPS) is 26.9. The molecule has 0 amide bonds. The highest BCUT2D eigenvalue weighted by Gasteiger charge is 2.42. The van der Waals surface area contributed by atoms with E-state index in [2.05, 4.69) is 0 Å². The first-order valence-electron chi connectivity index (χ1n) is 7.37. The predicted octanol–water partition coefficient (Wildman–Crippen LogP) is 3.74. The van der Waals surface area contributed by atoms with Crippen molar-refractivity contribution in [1.29, 1.82) is 0 Å². The number of ether oxygens (including phenoxy) is 1. The second kappa shape index (κ2) is 5.41. The van der Waals surface area contributed by atoms with Crippen LogP contribution in [0.5, 0.6) is 0 Å². The molecule has 1 aliphatic carbocycles. The van der Waals surface area contributed by atoms with Gasteiger partial charge in [0.05, 0.1) is 17.3 Å². The zero-order valence-electron chi connectivity index (χ0n) is 11.4. The van der Waals surface area contributed by atoms with Gasteiger partial charge in [0.15, 0.2) is 0 Å². The van der Waals surface area contributed by atoms with Crippen LogP contribution in [0, 0.1) is 17.6 Å². The SMILES string of the molecule is OC(c1c(F)cccc1F)C1CCOC2(CCCC2)C1. The van der Waals surface area contributed by atoms with Gasteiger partial charge in [0.2, 0.25) is 0 Å².